The third-order valence-corrected chi connectivity index (χ3v) is 6.73. The van der Waals surface area contributed by atoms with Crippen LogP contribution in [0.1, 0.15) is 24.8 Å². The van der Waals surface area contributed by atoms with Crippen molar-refractivity contribution in [3.05, 3.63) is 42.0 Å². The van der Waals surface area contributed by atoms with E-state index < -0.39 is 10.1 Å². The summed E-state index contributed by atoms with van der Waals surface area (Å²) in [5, 5.41) is 0. The Morgan fingerprint density at radius 3 is 2.38 bits per heavy atom. The van der Waals surface area contributed by atoms with Crippen molar-refractivity contribution in [1.82, 2.24) is 0 Å². The Hall–Kier alpha value is -1.13. The number of rotatable bonds is 3. The standard InChI is InChI=1S/C17H20O3S/c1-11-2-6-16(7-3-11)21(18,19)20-17-13-5-4-12-8-15(17)10-14(12)9-13/h2-7,12-15,17H,8-10H2,1H3/t12?,13?,14?,15?,17-/m0/s1. The minimum Gasteiger partial charge on any atom is -0.262 e. The lowest BCUT2D eigenvalue weighted by Gasteiger charge is -2.36. The van der Waals surface area contributed by atoms with E-state index in [9.17, 15) is 8.42 Å². The Bertz CT molecular complexity index is 674. The maximum Gasteiger partial charge on any atom is 0.297 e. The monoisotopic (exact) mass is 304 g/mol. The first-order valence-corrected chi connectivity index (χ1v) is 9.12. The predicted molar refractivity (Wildman–Crippen MR) is 80.2 cm³/mol. The molecule has 3 nitrogen and oxygen atoms in total. The Kier molecular flexibility index (Phi) is 3.02. The van der Waals surface area contributed by atoms with E-state index in [2.05, 4.69) is 12.2 Å². The van der Waals surface area contributed by atoms with Crippen LogP contribution in [-0.4, -0.2) is 14.5 Å². The molecule has 0 amide bonds. The van der Waals surface area contributed by atoms with Crippen LogP contribution in [0.4, 0.5) is 0 Å². The number of allylic oxidation sites excluding steroid dienone is 1. The molecule has 0 saturated heterocycles. The molecular formula is C17H20O3S. The van der Waals surface area contributed by atoms with Gasteiger partial charge in [-0.25, -0.2) is 0 Å². The molecule has 2 fully saturated rings. The first-order valence-electron chi connectivity index (χ1n) is 7.71. The number of hydrogen-bond donors (Lipinski definition) is 0. The lowest BCUT2D eigenvalue weighted by atomic mass is 9.74. The lowest BCUT2D eigenvalue weighted by molar-refractivity contribution is 0.0679. The molecule has 0 aromatic heterocycles. The van der Waals surface area contributed by atoms with Crippen molar-refractivity contribution in [2.24, 2.45) is 23.7 Å². The Balaban J connectivity index is 1.60. The van der Waals surface area contributed by atoms with Crippen LogP contribution in [0.2, 0.25) is 0 Å². The van der Waals surface area contributed by atoms with E-state index in [-0.39, 0.29) is 16.9 Å². The molecule has 1 aromatic carbocycles. The Labute approximate surface area is 126 Å². The highest BCUT2D eigenvalue weighted by atomic mass is 32.2. The van der Waals surface area contributed by atoms with E-state index in [1.807, 2.05) is 19.1 Å². The zero-order valence-electron chi connectivity index (χ0n) is 12.1. The molecule has 0 heterocycles. The molecule has 0 N–H and O–H groups in total. The second-order valence-corrected chi connectivity index (χ2v) is 8.34. The largest absolute Gasteiger partial charge is 0.297 e. The van der Waals surface area contributed by atoms with Crippen molar-refractivity contribution in [2.75, 3.05) is 0 Å². The minimum atomic E-state index is -3.66. The number of aryl methyl sites for hydroxylation is 1. The second kappa shape index (κ2) is 4.68. The molecule has 4 heteroatoms. The van der Waals surface area contributed by atoms with Crippen LogP contribution in [0.3, 0.4) is 0 Å². The molecule has 112 valence electrons. The van der Waals surface area contributed by atoms with Crippen LogP contribution in [-0.2, 0) is 14.3 Å². The highest BCUT2D eigenvalue weighted by molar-refractivity contribution is 7.86. The normalized spacial score (nSPS) is 37.1. The fourth-order valence-corrected chi connectivity index (χ4v) is 5.51. The highest BCUT2D eigenvalue weighted by Gasteiger charge is 2.49. The molecule has 5 atom stereocenters. The SMILES string of the molecule is Cc1ccc(S(=O)(=O)O[C@H]2C3C=CC4CC2CC4C3)cc1. The Morgan fingerprint density at radius 1 is 0.952 bits per heavy atom. The summed E-state index contributed by atoms with van der Waals surface area (Å²) in [6, 6.07) is 6.90. The molecule has 3 aliphatic carbocycles. The van der Waals surface area contributed by atoms with E-state index >= 15 is 0 Å². The van der Waals surface area contributed by atoms with Crippen molar-refractivity contribution in [2.45, 2.75) is 37.2 Å². The van der Waals surface area contributed by atoms with E-state index in [0.717, 1.165) is 30.7 Å². The van der Waals surface area contributed by atoms with Gasteiger partial charge in [0.15, 0.2) is 0 Å². The number of hydrogen-bond acceptors (Lipinski definition) is 3. The average Bonchev–Trinajstić information content (AvgIpc) is 2.75. The van der Waals surface area contributed by atoms with Gasteiger partial charge < -0.3 is 0 Å². The van der Waals surface area contributed by atoms with E-state index in [4.69, 9.17) is 4.18 Å². The van der Waals surface area contributed by atoms with Gasteiger partial charge in [-0.15, -0.1) is 0 Å². The highest BCUT2D eigenvalue weighted by Crippen LogP contribution is 2.53. The maximum absolute atomic E-state index is 12.5. The molecule has 3 aliphatic rings. The smallest absolute Gasteiger partial charge is 0.262 e. The quantitative estimate of drug-likeness (QED) is 0.635. The summed E-state index contributed by atoms with van der Waals surface area (Å²) in [7, 11) is -3.66. The third-order valence-electron chi connectivity index (χ3n) is 5.40. The summed E-state index contributed by atoms with van der Waals surface area (Å²) in [5.74, 6) is 2.08. The van der Waals surface area contributed by atoms with Gasteiger partial charge in [-0.05, 0) is 56.1 Å². The fourth-order valence-electron chi connectivity index (χ4n) is 4.34. The van der Waals surface area contributed by atoms with Gasteiger partial charge in [-0.1, -0.05) is 29.8 Å². The van der Waals surface area contributed by atoms with Gasteiger partial charge in [-0.2, -0.15) is 8.42 Å². The molecule has 1 aromatic rings. The minimum absolute atomic E-state index is 0.170. The van der Waals surface area contributed by atoms with Gasteiger partial charge in [0.2, 0.25) is 0 Å². The molecule has 4 unspecified atom stereocenters. The summed E-state index contributed by atoms with van der Waals surface area (Å²) < 4.78 is 30.7. The summed E-state index contributed by atoms with van der Waals surface area (Å²) in [5.41, 5.74) is 1.05. The Morgan fingerprint density at radius 2 is 1.62 bits per heavy atom. The topological polar surface area (TPSA) is 43.4 Å². The summed E-state index contributed by atoms with van der Waals surface area (Å²) in [6.07, 6.45) is 7.62. The molecular weight excluding hydrogens is 284 g/mol. The number of fused-ring (bicyclic) bond motifs is 2. The van der Waals surface area contributed by atoms with Crippen molar-refractivity contribution >= 4 is 10.1 Å². The summed E-state index contributed by atoms with van der Waals surface area (Å²) >= 11 is 0. The fraction of sp³-hybridized carbons (Fsp3) is 0.529. The first-order chi connectivity index (χ1) is 10.0. The van der Waals surface area contributed by atoms with E-state index in [1.165, 1.54) is 0 Å². The van der Waals surface area contributed by atoms with Crippen molar-refractivity contribution in [3.8, 4) is 0 Å². The summed E-state index contributed by atoms with van der Waals surface area (Å²) in [4.78, 5) is 0.270. The van der Waals surface area contributed by atoms with Gasteiger partial charge in [0.1, 0.15) is 0 Å². The molecule has 3 bridgehead atoms. The predicted octanol–water partition coefficient (Wildman–Crippen LogP) is 3.30. The zero-order valence-corrected chi connectivity index (χ0v) is 12.9. The average molecular weight is 304 g/mol. The van der Waals surface area contributed by atoms with Crippen LogP contribution in [0, 0.1) is 30.6 Å². The van der Waals surface area contributed by atoms with Gasteiger partial charge >= 0.3 is 0 Å². The number of benzene rings is 1. The molecule has 0 aliphatic heterocycles. The van der Waals surface area contributed by atoms with E-state index in [1.54, 1.807) is 12.1 Å². The van der Waals surface area contributed by atoms with Crippen LogP contribution in [0.25, 0.3) is 0 Å². The van der Waals surface area contributed by atoms with Gasteiger partial charge in [-0.3, -0.25) is 4.18 Å². The van der Waals surface area contributed by atoms with Crippen molar-refractivity contribution in [1.29, 1.82) is 0 Å². The van der Waals surface area contributed by atoms with E-state index in [0.29, 0.717) is 11.8 Å². The third kappa shape index (κ3) is 2.25. The van der Waals surface area contributed by atoms with Crippen molar-refractivity contribution in [3.63, 3.8) is 0 Å². The lowest BCUT2D eigenvalue weighted by Crippen LogP contribution is -2.36. The van der Waals surface area contributed by atoms with Crippen LogP contribution in [0.15, 0.2) is 41.3 Å². The summed E-state index contributed by atoms with van der Waals surface area (Å²) in [6.45, 7) is 1.94. The van der Waals surface area contributed by atoms with Gasteiger partial charge in [0.05, 0.1) is 11.0 Å². The first kappa shape index (κ1) is 13.5. The van der Waals surface area contributed by atoms with Crippen LogP contribution >= 0.6 is 0 Å². The molecule has 0 radical (unpaired) electrons. The van der Waals surface area contributed by atoms with Gasteiger partial charge in [0.25, 0.3) is 10.1 Å². The van der Waals surface area contributed by atoms with Crippen LogP contribution < -0.4 is 0 Å². The molecule has 0 spiro atoms. The zero-order chi connectivity index (χ0) is 14.6. The van der Waals surface area contributed by atoms with Gasteiger partial charge in [0, 0.05) is 5.92 Å². The molecule has 2 saturated carbocycles. The maximum atomic E-state index is 12.5. The van der Waals surface area contributed by atoms with Crippen LogP contribution in [0.5, 0.6) is 0 Å². The van der Waals surface area contributed by atoms with Crippen molar-refractivity contribution < 1.29 is 12.6 Å². The molecule has 21 heavy (non-hydrogen) atoms. The second-order valence-electron chi connectivity index (χ2n) is 6.77. The molecule has 4 rings (SSSR count).